The third kappa shape index (κ3) is 4.48. The molecule has 2 aromatic carbocycles. The van der Waals surface area contributed by atoms with E-state index in [1.807, 2.05) is 13.0 Å². The van der Waals surface area contributed by atoms with Crippen LogP contribution in [-0.2, 0) is 10.0 Å². The van der Waals surface area contributed by atoms with Gasteiger partial charge in [0, 0.05) is 30.4 Å². The molecule has 0 bridgehead atoms. The average molecular weight is 388 g/mol. The summed E-state index contributed by atoms with van der Waals surface area (Å²) in [6.45, 7) is 4.86. The third-order valence-electron chi connectivity index (χ3n) is 4.82. The van der Waals surface area contributed by atoms with Crippen LogP contribution in [0.3, 0.4) is 0 Å². The highest BCUT2D eigenvalue weighted by atomic mass is 32.2. The molecule has 3 N–H and O–H groups in total. The Labute approximate surface area is 160 Å². The minimum Gasteiger partial charge on any atom is -0.339 e. The molecule has 0 aromatic heterocycles. The first kappa shape index (κ1) is 19.4. The Bertz CT molecular complexity index is 949. The van der Waals surface area contributed by atoms with Crippen LogP contribution >= 0.6 is 0 Å². The molecule has 6 nitrogen and oxygen atoms in total. The van der Waals surface area contributed by atoms with E-state index in [1.54, 1.807) is 48.2 Å². The van der Waals surface area contributed by atoms with Crippen LogP contribution < -0.4 is 10.5 Å². The highest BCUT2D eigenvalue weighted by Crippen LogP contribution is 2.22. The Morgan fingerprint density at radius 2 is 1.81 bits per heavy atom. The summed E-state index contributed by atoms with van der Waals surface area (Å²) in [4.78, 5) is 14.7. The maximum absolute atomic E-state index is 12.8. The van der Waals surface area contributed by atoms with E-state index in [4.69, 9.17) is 5.73 Å². The fourth-order valence-electron chi connectivity index (χ4n) is 3.21. The lowest BCUT2D eigenvalue weighted by Gasteiger charge is -2.30. The molecule has 1 aliphatic rings. The molecular formula is C20H25N3O3S. The lowest BCUT2D eigenvalue weighted by atomic mass is 10.0. The fraction of sp³-hybridized carbons (Fsp3) is 0.350. The number of aryl methyl sites for hydroxylation is 2. The SMILES string of the molecule is Cc1ccc(C)c(S(=O)(=O)Nc2cccc(C(=O)N3CCC(N)CC3)c2)c1. The Hall–Kier alpha value is -2.38. The van der Waals surface area contributed by atoms with Gasteiger partial charge in [0.15, 0.2) is 0 Å². The number of sulfonamides is 1. The van der Waals surface area contributed by atoms with Crippen molar-refractivity contribution in [2.75, 3.05) is 17.8 Å². The van der Waals surface area contributed by atoms with Crippen molar-refractivity contribution in [1.82, 2.24) is 4.90 Å². The zero-order valence-electron chi connectivity index (χ0n) is 15.6. The van der Waals surface area contributed by atoms with Crippen LogP contribution in [0.1, 0.15) is 34.3 Å². The van der Waals surface area contributed by atoms with Crippen molar-refractivity contribution in [2.24, 2.45) is 5.73 Å². The van der Waals surface area contributed by atoms with Crippen LogP contribution in [0.15, 0.2) is 47.4 Å². The van der Waals surface area contributed by atoms with Crippen molar-refractivity contribution >= 4 is 21.6 Å². The van der Waals surface area contributed by atoms with E-state index in [2.05, 4.69) is 4.72 Å². The average Bonchev–Trinajstić information content (AvgIpc) is 2.63. The second kappa shape index (κ2) is 7.70. The highest BCUT2D eigenvalue weighted by Gasteiger charge is 2.22. The van der Waals surface area contributed by atoms with E-state index in [9.17, 15) is 13.2 Å². The summed E-state index contributed by atoms with van der Waals surface area (Å²) < 4.78 is 28.1. The number of carbonyl (C=O) groups excluding carboxylic acids is 1. The maximum atomic E-state index is 12.8. The number of nitrogens with two attached hydrogens (primary N) is 1. The van der Waals surface area contributed by atoms with E-state index >= 15 is 0 Å². The Morgan fingerprint density at radius 1 is 1.11 bits per heavy atom. The number of nitrogens with one attached hydrogen (secondary N) is 1. The topological polar surface area (TPSA) is 92.5 Å². The second-order valence-corrected chi connectivity index (χ2v) is 8.74. The molecule has 27 heavy (non-hydrogen) atoms. The molecule has 0 atom stereocenters. The summed E-state index contributed by atoms with van der Waals surface area (Å²) in [5, 5.41) is 0. The van der Waals surface area contributed by atoms with Gasteiger partial charge in [0.1, 0.15) is 0 Å². The van der Waals surface area contributed by atoms with E-state index < -0.39 is 10.0 Å². The van der Waals surface area contributed by atoms with Crippen molar-refractivity contribution in [3.63, 3.8) is 0 Å². The molecule has 144 valence electrons. The van der Waals surface area contributed by atoms with Gasteiger partial charge in [-0.2, -0.15) is 0 Å². The van der Waals surface area contributed by atoms with Crippen molar-refractivity contribution < 1.29 is 13.2 Å². The zero-order chi connectivity index (χ0) is 19.6. The molecule has 1 amide bonds. The summed E-state index contributed by atoms with van der Waals surface area (Å²) in [7, 11) is -3.73. The van der Waals surface area contributed by atoms with Gasteiger partial charge < -0.3 is 10.6 Å². The molecular weight excluding hydrogens is 362 g/mol. The molecule has 7 heteroatoms. The molecule has 1 heterocycles. The van der Waals surface area contributed by atoms with Gasteiger partial charge in [0.05, 0.1) is 4.90 Å². The highest BCUT2D eigenvalue weighted by molar-refractivity contribution is 7.92. The summed E-state index contributed by atoms with van der Waals surface area (Å²) in [6, 6.07) is 12.1. The van der Waals surface area contributed by atoms with E-state index in [-0.39, 0.29) is 16.8 Å². The lowest BCUT2D eigenvalue weighted by Crippen LogP contribution is -2.42. The Morgan fingerprint density at radius 3 is 2.52 bits per heavy atom. The molecule has 0 radical (unpaired) electrons. The first-order valence-electron chi connectivity index (χ1n) is 9.01. The molecule has 0 unspecified atom stereocenters. The Kier molecular flexibility index (Phi) is 5.53. The fourth-order valence-corrected chi connectivity index (χ4v) is 4.59. The van der Waals surface area contributed by atoms with Crippen LogP contribution in [0.2, 0.25) is 0 Å². The van der Waals surface area contributed by atoms with E-state index in [0.717, 1.165) is 18.4 Å². The van der Waals surface area contributed by atoms with E-state index in [1.165, 1.54) is 0 Å². The standard InChI is InChI=1S/C20H25N3O3S/c1-14-6-7-15(2)19(12-14)27(25,26)22-18-5-3-4-16(13-18)20(24)23-10-8-17(21)9-11-23/h3-7,12-13,17,22H,8-11,21H2,1-2H3. The number of carbonyl (C=O) groups is 1. The minimum absolute atomic E-state index is 0.102. The smallest absolute Gasteiger partial charge is 0.262 e. The van der Waals surface area contributed by atoms with Gasteiger partial charge in [-0.15, -0.1) is 0 Å². The number of hydrogen-bond donors (Lipinski definition) is 2. The van der Waals surface area contributed by atoms with Crippen molar-refractivity contribution in [3.05, 3.63) is 59.2 Å². The van der Waals surface area contributed by atoms with Gasteiger partial charge in [-0.3, -0.25) is 9.52 Å². The van der Waals surface area contributed by atoms with Gasteiger partial charge in [-0.25, -0.2) is 8.42 Å². The number of rotatable bonds is 4. The lowest BCUT2D eigenvalue weighted by molar-refractivity contribution is 0.0715. The van der Waals surface area contributed by atoms with Crippen LogP contribution in [0.25, 0.3) is 0 Å². The maximum Gasteiger partial charge on any atom is 0.262 e. The van der Waals surface area contributed by atoms with Crippen LogP contribution in [0.4, 0.5) is 5.69 Å². The zero-order valence-corrected chi connectivity index (χ0v) is 16.4. The molecule has 1 fully saturated rings. The first-order chi connectivity index (χ1) is 12.8. The second-order valence-electron chi connectivity index (χ2n) is 7.08. The van der Waals surface area contributed by atoms with Crippen LogP contribution in [0.5, 0.6) is 0 Å². The molecule has 0 saturated carbocycles. The van der Waals surface area contributed by atoms with Crippen LogP contribution in [0, 0.1) is 13.8 Å². The predicted molar refractivity (Wildman–Crippen MR) is 106 cm³/mol. The molecule has 1 saturated heterocycles. The van der Waals surface area contributed by atoms with Gasteiger partial charge in [0.25, 0.3) is 15.9 Å². The molecule has 2 aromatic rings. The summed E-state index contributed by atoms with van der Waals surface area (Å²) in [5.41, 5.74) is 8.27. The number of benzene rings is 2. The number of amides is 1. The monoisotopic (exact) mass is 387 g/mol. The number of anilines is 1. The minimum atomic E-state index is -3.73. The van der Waals surface area contributed by atoms with Crippen molar-refractivity contribution in [1.29, 1.82) is 0 Å². The molecule has 0 aliphatic carbocycles. The molecule has 3 rings (SSSR count). The van der Waals surface area contributed by atoms with Crippen molar-refractivity contribution in [3.8, 4) is 0 Å². The summed E-state index contributed by atoms with van der Waals surface area (Å²) in [6.07, 6.45) is 1.56. The number of hydrogen-bond acceptors (Lipinski definition) is 4. The molecule has 0 spiro atoms. The number of nitrogens with zero attached hydrogens (tertiary/aromatic N) is 1. The number of piperidine rings is 1. The van der Waals surface area contributed by atoms with Gasteiger partial charge >= 0.3 is 0 Å². The normalized spacial score (nSPS) is 15.6. The number of likely N-dealkylation sites (tertiary alicyclic amines) is 1. The quantitative estimate of drug-likeness (QED) is 0.844. The molecule has 1 aliphatic heterocycles. The summed E-state index contributed by atoms with van der Waals surface area (Å²) in [5.74, 6) is -0.102. The predicted octanol–water partition coefficient (Wildman–Crippen LogP) is 2.67. The summed E-state index contributed by atoms with van der Waals surface area (Å²) >= 11 is 0. The van der Waals surface area contributed by atoms with Crippen LogP contribution in [-0.4, -0.2) is 38.4 Å². The van der Waals surface area contributed by atoms with E-state index in [0.29, 0.717) is 29.9 Å². The first-order valence-corrected chi connectivity index (χ1v) is 10.5. The van der Waals surface area contributed by atoms with Gasteiger partial charge in [-0.05, 0) is 62.1 Å². The third-order valence-corrected chi connectivity index (χ3v) is 6.35. The van der Waals surface area contributed by atoms with Gasteiger partial charge in [-0.1, -0.05) is 18.2 Å². The van der Waals surface area contributed by atoms with Gasteiger partial charge in [0.2, 0.25) is 0 Å². The largest absolute Gasteiger partial charge is 0.339 e. The van der Waals surface area contributed by atoms with Crippen molar-refractivity contribution in [2.45, 2.75) is 37.6 Å². The Balaban J connectivity index is 1.81.